The highest BCUT2D eigenvalue weighted by molar-refractivity contribution is 6.30. The Labute approximate surface area is 185 Å². The molecule has 1 saturated heterocycles. The van der Waals surface area contributed by atoms with Crippen molar-refractivity contribution < 1.29 is 18.0 Å². The number of rotatable bonds is 6. The molecular formula is C23H25ClF3N3O. The molecule has 1 aliphatic rings. The lowest BCUT2D eigenvalue weighted by atomic mass is 10.1. The van der Waals surface area contributed by atoms with E-state index in [2.05, 4.69) is 22.4 Å². The molecule has 1 amide bonds. The van der Waals surface area contributed by atoms with E-state index in [1.807, 2.05) is 35.2 Å². The summed E-state index contributed by atoms with van der Waals surface area (Å²) in [5, 5.41) is 2.39. The molecule has 0 saturated carbocycles. The molecule has 0 spiro atoms. The molecule has 8 heteroatoms. The molecular weight excluding hydrogens is 427 g/mol. The number of amides is 1. The van der Waals surface area contributed by atoms with Gasteiger partial charge in [0.2, 0.25) is 5.91 Å². The molecule has 4 nitrogen and oxygen atoms in total. The van der Waals surface area contributed by atoms with Gasteiger partial charge in [0.15, 0.2) is 0 Å². The molecule has 1 fully saturated rings. The summed E-state index contributed by atoms with van der Waals surface area (Å²) in [4.78, 5) is 16.9. The molecule has 0 bridgehead atoms. The van der Waals surface area contributed by atoms with E-state index >= 15 is 0 Å². The van der Waals surface area contributed by atoms with Crippen LogP contribution in [0.15, 0.2) is 54.6 Å². The summed E-state index contributed by atoms with van der Waals surface area (Å²) in [5.41, 5.74) is -0.0825. The van der Waals surface area contributed by atoms with Crippen LogP contribution in [0.5, 0.6) is 0 Å². The molecule has 1 heterocycles. The van der Waals surface area contributed by atoms with Gasteiger partial charge in [-0.3, -0.25) is 14.6 Å². The van der Waals surface area contributed by atoms with Crippen LogP contribution >= 0.6 is 11.6 Å². The molecule has 1 atom stereocenters. The summed E-state index contributed by atoms with van der Waals surface area (Å²) < 4.78 is 39.8. The smallest absolute Gasteiger partial charge is 0.324 e. The largest absolute Gasteiger partial charge is 0.418 e. The lowest BCUT2D eigenvalue weighted by Crippen LogP contribution is -2.52. The van der Waals surface area contributed by atoms with Gasteiger partial charge in [0.05, 0.1) is 17.3 Å². The van der Waals surface area contributed by atoms with E-state index in [0.29, 0.717) is 13.1 Å². The fraction of sp³-hybridized carbons (Fsp3) is 0.348. The summed E-state index contributed by atoms with van der Waals surface area (Å²) in [6.45, 7) is 5.42. The highest BCUT2D eigenvalue weighted by atomic mass is 35.5. The molecule has 2 aromatic carbocycles. The zero-order valence-corrected chi connectivity index (χ0v) is 18.0. The van der Waals surface area contributed by atoms with Gasteiger partial charge in [0, 0.05) is 37.7 Å². The predicted octanol–water partition coefficient (Wildman–Crippen LogP) is 5.02. The van der Waals surface area contributed by atoms with E-state index in [1.54, 1.807) is 6.92 Å². The van der Waals surface area contributed by atoms with Crippen LogP contribution in [0.25, 0.3) is 6.08 Å². The molecule has 31 heavy (non-hydrogen) atoms. The van der Waals surface area contributed by atoms with E-state index in [4.69, 9.17) is 11.6 Å². The Morgan fingerprint density at radius 1 is 1.13 bits per heavy atom. The van der Waals surface area contributed by atoms with Crippen molar-refractivity contribution in [2.45, 2.75) is 19.1 Å². The first-order chi connectivity index (χ1) is 14.7. The predicted molar refractivity (Wildman–Crippen MR) is 118 cm³/mol. The van der Waals surface area contributed by atoms with Crippen molar-refractivity contribution in [1.82, 2.24) is 9.80 Å². The molecule has 2 aromatic rings. The Morgan fingerprint density at radius 2 is 1.81 bits per heavy atom. The van der Waals surface area contributed by atoms with E-state index in [-0.39, 0.29) is 10.7 Å². The number of nitrogens with one attached hydrogen (secondary N) is 1. The van der Waals surface area contributed by atoms with E-state index in [0.717, 1.165) is 31.3 Å². The number of hydrogen-bond donors (Lipinski definition) is 1. The van der Waals surface area contributed by atoms with E-state index in [9.17, 15) is 18.0 Å². The zero-order valence-electron chi connectivity index (χ0n) is 17.2. The first-order valence-corrected chi connectivity index (χ1v) is 10.5. The molecule has 1 aliphatic heterocycles. The summed E-state index contributed by atoms with van der Waals surface area (Å²) in [6, 6.07) is 12.8. The van der Waals surface area contributed by atoms with Gasteiger partial charge >= 0.3 is 6.18 Å². The van der Waals surface area contributed by atoms with Gasteiger partial charge in [-0.05, 0) is 30.7 Å². The highest BCUT2D eigenvalue weighted by Gasteiger charge is 2.35. The maximum atomic E-state index is 13.3. The molecule has 3 rings (SSSR count). The third-order valence-corrected chi connectivity index (χ3v) is 5.59. The SMILES string of the molecule is C[C@H](C(=O)Nc1ccc(Cl)cc1C(F)(F)F)N1CCN(C/C=C/c2ccccc2)CC1. The minimum absolute atomic E-state index is 0.0317. The van der Waals surface area contributed by atoms with Crippen LogP contribution in [0.4, 0.5) is 18.9 Å². The lowest BCUT2D eigenvalue weighted by Gasteiger charge is -2.37. The van der Waals surface area contributed by atoms with E-state index < -0.39 is 23.7 Å². The molecule has 0 radical (unpaired) electrons. The monoisotopic (exact) mass is 451 g/mol. The topological polar surface area (TPSA) is 35.6 Å². The summed E-state index contributed by atoms with van der Waals surface area (Å²) in [7, 11) is 0. The number of piperazine rings is 1. The number of halogens is 4. The van der Waals surface area contributed by atoms with Crippen molar-refractivity contribution >= 4 is 29.3 Å². The second-order valence-corrected chi connectivity index (χ2v) is 7.94. The number of anilines is 1. The summed E-state index contributed by atoms with van der Waals surface area (Å²) >= 11 is 5.70. The second-order valence-electron chi connectivity index (χ2n) is 7.50. The van der Waals surface area contributed by atoms with Crippen molar-refractivity contribution in [1.29, 1.82) is 0 Å². The standard InChI is InChI=1S/C23H25ClF3N3O/c1-17(22(31)28-21-10-9-19(24)16-20(21)23(25,26)27)30-14-12-29(13-15-30)11-5-8-18-6-3-2-4-7-18/h2-10,16-17H,11-15H2,1H3,(H,28,31)/b8-5+/t17-/m1/s1. The summed E-state index contributed by atoms with van der Waals surface area (Å²) in [5.74, 6) is -0.467. The zero-order chi connectivity index (χ0) is 22.4. The third kappa shape index (κ3) is 6.56. The van der Waals surface area contributed by atoms with Gasteiger partial charge in [0.25, 0.3) is 0 Å². The number of nitrogens with zero attached hydrogens (tertiary/aromatic N) is 2. The van der Waals surface area contributed by atoms with Crippen molar-refractivity contribution in [3.05, 3.63) is 70.8 Å². The fourth-order valence-electron chi connectivity index (χ4n) is 3.50. The van der Waals surface area contributed by atoms with Gasteiger partial charge in [-0.25, -0.2) is 0 Å². The second kappa shape index (κ2) is 10.3. The lowest BCUT2D eigenvalue weighted by molar-refractivity contribution is -0.137. The van der Waals surface area contributed by atoms with Gasteiger partial charge in [0.1, 0.15) is 0 Å². The maximum Gasteiger partial charge on any atom is 0.418 e. The van der Waals surface area contributed by atoms with E-state index in [1.165, 1.54) is 12.1 Å². The van der Waals surface area contributed by atoms with Crippen molar-refractivity contribution in [3.8, 4) is 0 Å². The number of carbonyl (C=O) groups is 1. The van der Waals surface area contributed by atoms with Crippen LogP contribution in [0, 0.1) is 0 Å². The van der Waals surface area contributed by atoms with Gasteiger partial charge in [-0.2, -0.15) is 13.2 Å². The number of hydrogen-bond acceptors (Lipinski definition) is 3. The van der Waals surface area contributed by atoms with Gasteiger partial charge in [-0.15, -0.1) is 0 Å². The fourth-order valence-corrected chi connectivity index (χ4v) is 3.67. The van der Waals surface area contributed by atoms with Crippen LogP contribution in [0.1, 0.15) is 18.1 Å². The van der Waals surface area contributed by atoms with Crippen molar-refractivity contribution in [3.63, 3.8) is 0 Å². The number of carbonyl (C=O) groups excluding carboxylic acids is 1. The van der Waals surface area contributed by atoms with Gasteiger partial charge in [-0.1, -0.05) is 54.1 Å². The minimum atomic E-state index is -4.60. The van der Waals surface area contributed by atoms with Crippen LogP contribution in [-0.2, 0) is 11.0 Å². The third-order valence-electron chi connectivity index (χ3n) is 5.35. The Hall–Kier alpha value is -2.35. The Kier molecular flexibility index (Phi) is 7.75. The normalized spacial score (nSPS) is 17.1. The Morgan fingerprint density at radius 3 is 2.45 bits per heavy atom. The number of alkyl halides is 3. The molecule has 1 N–H and O–H groups in total. The molecule has 0 unspecified atom stereocenters. The average Bonchev–Trinajstić information content (AvgIpc) is 2.75. The minimum Gasteiger partial charge on any atom is -0.324 e. The van der Waals surface area contributed by atoms with Crippen molar-refractivity contribution in [2.75, 3.05) is 38.0 Å². The first kappa shape index (κ1) is 23.3. The maximum absolute atomic E-state index is 13.3. The molecule has 166 valence electrons. The molecule has 0 aliphatic carbocycles. The van der Waals surface area contributed by atoms with Crippen molar-refractivity contribution in [2.24, 2.45) is 0 Å². The molecule has 0 aromatic heterocycles. The van der Waals surface area contributed by atoms with Crippen LogP contribution in [0.3, 0.4) is 0 Å². The van der Waals surface area contributed by atoms with Crippen LogP contribution < -0.4 is 5.32 Å². The number of benzene rings is 2. The highest BCUT2D eigenvalue weighted by Crippen LogP contribution is 2.36. The van der Waals surface area contributed by atoms with Gasteiger partial charge < -0.3 is 5.32 Å². The van der Waals surface area contributed by atoms with Crippen LogP contribution in [0.2, 0.25) is 5.02 Å². The van der Waals surface area contributed by atoms with Crippen LogP contribution in [-0.4, -0.2) is 54.5 Å². The average molecular weight is 452 g/mol. The first-order valence-electron chi connectivity index (χ1n) is 10.1. The Balaban J connectivity index is 1.52. The quantitative estimate of drug-likeness (QED) is 0.670. The Bertz CT molecular complexity index is 910. The summed E-state index contributed by atoms with van der Waals surface area (Å²) in [6.07, 6.45) is -0.414.